The summed E-state index contributed by atoms with van der Waals surface area (Å²) in [5, 5.41) is 9.36. The summed E-state index contributed by atoms with van der Waals surface area (Å²) < 4.78 is 0. The van der Waals surface area contributed by atoms with E-state index >= 15 is 0 Å². The first-order chi connectivity index (χ1) is 7.06. The minimum absolute atomic E-state index is 0.0433. The smallest absolute Gasteiger partial charge is 0.270 e. The third-order valence-corrected chi connectivity index (χ3v) is 2.32. The molecule has 0 aromatic carbocycles. The number of carbonyl (C=O) groups is 1. The van der Waals surface area contributed by atoms with Crippen molar-refractivity contribution in [1.29, 1.82) is 0 Å². The molecule has 0 fully saturated rings. The van der Waals surface area contributed by atoms with Crippen LogP contribution < -0.4 is 0 Å². The molecule has 0 spiro atoms. The molecule has 0 radical (unpaired) electrons. The second kappa shape index (κ2) is 5.19. The van der Waals surface area contributed by atoms with Gasteiger partial charge in [-0.1, -0.05) is 11.6 Å². The fraction of sp³-hybridized carbons (Fsp3) is 0.500. The molecule has 5 heteroatoms. The number of aromatic nitrogens is 1. The minimum atomic E-state index is -0.147. The van der Waals surface area contributed by atoms with E-state index in [0.29, 0.717) is 17.3 Å². The molecular weight excluding hydrogens is 216 g/mol. The molecule has 0 saturated heterocycles. The normalized spacial score (nSPS) is 10.7. The molecule has 1 heterocycles. The van der Waals surface area contributed by atoms with Gasteiger partial charge in [0, 0.05) is 18.8 Å². The Morgan fingerprint density at radius 3 is 2.73 bits per heavy atom. The molecule has 0 unspecified atom stereocenters. The highest BCUT2D eigenvalue weighted by Gasteiger charge is 2.19. The molecule has 1 rings (SSSR count). The van der Waals surface area contributed by atoms with Gasteiger partial charge in [-0.25, -0.2) is 0 Å². The molecule has 2 N–H and O–H groups in total. The summed E-state index contributed by atoms with van der Waals surface area (Å²) in [6.07, 6.45) is 1.56. The van der Waals surface area contributed by atoms with Gasteiger partial charge in [-0.3, -0.25) is 4.79 Å². The van der Waals surface area contributed by atoms with E-state index in [-0.39, 0.29) is 18.6 Å². The van der Waals surface area contributed by atoms with Gasteiger partial charge < -0.3 is 15.0 Å². The van der Waals surface area contributed by atoms with E-state index < -0.39 is 0 Å². The lowest BCUT2D eigenvalue weighted by Crippen LogP contribution is -2.39. The van der Waals surface area contributed by atoms with Gasteiger partial charge in [-0.05, 0) is 19.9 Å². The van der Waals surface area contributed by atoms with E-state index in [1.807, 2.05) is 13.8 Å². The summed E-state index contributed by atoms with van der Waals surface area (Å²) in [6, 6.07) is 1.63. The maximum Gasteiger partial charge on any atom is 0.270 e. The third kappa shape index (κ3) is 2.97. The van der Waals surface area contributed by atoms with Gasteiger partial charge in [-0.2, -0.15) is 0 Å². The highest BCUT2D eigenvalue weighted by Crippen LogP contribution is 2.12. The Morgan fingerprint density at radius 2 is 2.33 bits per heavy atom. The largest absolute Gasteiger partial charge is 0.395 e. The summed E-state index contributed by atoms with van der Waals surface area (Å²) in [7, 11) is 0. The number of amides is 1. The van der Waals surface area contributed by atoms with Gasteiger partial charge in [0.1, 0.15) is 5.69 Å². The van der Waals surface area contributed by atoms with Gasteiger partial charge in [0.05, 0.1) is 11.6 Å². The molecule has 0 aliphatic rings. The Hall–Kier alpha value is -1.00. The Morgan fingerprint density at radius 1 is 1.67 bits per heavy atom. The monoisotopic (exact) mass is 230 g/mol. The third-order valence-electron chi connectivity index (χ3n) is 2.10. The minimum Gasteiger partial charge on any atom is -0.395 e. The summed E-state index contributed by atoms with van der Waals surface area (Å²) >= 11 is 5.71. The molecule has 0 saturated carbocycles. The highest BCUT2D eigenvalue weighted by molar-refractivity contribution is 6.30. The molecule has 4 nitrogen and oxygen atoms in total. The number of carbonyl (C=O) groups excluding carboxylic acids is 1. The molecule has 0 bridgehead atoms. The number of rotatable bonds is 4. The Bertz CT molecular complexity index is 336. The fourth-order valence-electron chi connectivity index (χ4n) is 1.35. The second-order valence-electron chi connectivity index (χ2n) is 3.55. The first kappa shape index (κ1) is 12.1. The van der Waals surface area contributed by atoms with Gasteiger partial charge in [0.2, 0.25) is 0 Å². The molecule has 84 valence electrons. The number of halogens is 1. The van der Waals surface area contributed by atoms with Crippen LogP contribution in [0.5, 0.6) is 0 Å². The number of hydrogen-bond donors (Lipinski definition) is 2. The van der Waals surface area contributed by atoms with Crippen molar-refractivity contribution in [2.75, 3.05) is 13.2 Å². The van der Waals surface area contributed by atoms with Crippen molar-refractivity contribution in [2.24, 2.45) is 0 Å². The van der Waals surface area contributed by atoms with Gasteiger partial charge in [-0.15, -0.1) is 0 Å². The number of hydrogen-bond acceptors (Lipinski definition) is 2. The predicted molar refractivity (Wildman–Crippen MR) is 59.1 cm³/mol. The molecule has 0 aliphatic heterocycles. The Balaban J connectivity index is 2.80. The van der Waals surface area contributed by atoms with E-state index in [9.17, 15) is 4.79 Å². The van der Waals surface area contributed by atoms with Crippen LogP contribution in [0.15, 0.2) is 12.3 Å². The SMILES string of the molecule is CC(C)N(CCO)C(=O)c1cc(Cl)c[nH]1. The molecule has 1 aromatic rings. The standard InChI is InChI=1S/C10H15ClN2O2/c1-7(2)13(3-4-14)10(15)9-5-8(11)6-12-9/h5-7,12,14H,3-4H2,1-2H3. The number of H-pyrrole nitrogens is 1. The van der Waals surface area contributed by atoms with Crippen LogP contribution in [-0.4, -0.2) is 40.1 Å². The lowest BCUT2D eigenvalue weighted by Gasteiger charge is -2.25. The summed E-state index contributed by atoms with van der Waals surface area (Å²) in [4.78, 5) is 16.3. The van der Waals surface area contributed by atoms with E-state index in [2.05, 4.69) is 4.98 Å². The quantitative estimate of drug-likeness (QED) is 0.824. The van der Waals surface area contributed by atoms with Crippen LogP contribution in [0.1, 0.15) is 24.3 Å². The number of aliphatic hydroxyl groups excluding tert-OH is 1. The van der Waals surface area contributed by atoms with E-state index in [4.69, 9.17) is 16.7 Å². The lowest BCUT2D eigenvalue weighted by atomic mass is 10.2. The average molecular weight is 231 g/mol. The van der Waals surface area contributed by atoms with E-state index in [1.54, 1.807) is 17.2 Å². The van der Waals surface area contributed by atoms with Gasteiger partial charge in [0.15, 0.2) is 0 Å². The zero-order chi connectivity index (χ0) is 11.4. The average Bonchev–Trinajstić information content (AvgIpc) is 2.59. The van der Waals surface area contributed by atoms with Crippen molar-refractivity contribution in [3.63, 3.8) is 0 Å². The number of aromatic amines is 1. The molecular formula is C10H15ClN2O2. The van der Waals surface area contributed by atoms with Crippen LogP contribution in [0.3, 0.4) is 0 Å². The van der Waals surface area contributed by atoms with Gasteiger partial charge >= 0.3 is 0 Å². The summed E-state index contributed by atoms with van der Waals surface area (Å²) in [5.74, 6) is -0.147. The fourth-order valence-corrected chi connectivity index (χ4v) is 1.51. The topological polar surface area (TPSA) is 56.3 Å². The molecule has 1 aromatic heterocycles. The van der Waals surface area contributed by atoms with Crippen LogP contribution in [0, 0.1) is 0 Å². The van der Waals surface area contributed by atoms with Crippen LogP contribution in [0.4, 0.5) is 0 Å². The maximum absolute atomic E-state index is 11.9. The van der Waals surface area contributed by atoms with Crippen molar-refractivity contribution >= 4 is 17.5 Å². The van der Waals surface area contributed by atoms with Crippen molar-refractivity contribution < 1.29 is 9.90 Å². The van der Waals surface area contributed by atoms with Crippen molar-refractivity contribution in [3.8, 4) is 0 Å². The Labute approximate surface area is 93.8 Å². The molecule has 15 heavy (non-hydrogen) atoms. The highest BCUT2D eigenvalue weighted by atomic mass is 35.5. The summed E-state index contributed by atoms with van der Waals surface area (Å²) in [6.45, 7) is 4.09. The number of nitrogens with zero attached hydrogens (tertiary/aromatic N) is 1. The molecule has 1 amide bonds. The van der Waals surface area contributed by atoms with Crippen molar-refractivity contribution in [1.82, 2.24) is 9.88 Å². The van der Waals surface area contributed by atoms with Crippen LogP contribution >= 0.6 is 11.6 Å². The first-order valence-corrected chi connectivity index (χ1v) is 5.19. The predicted octanol–water partition coefficient (Wildman–Crippen LogP) is 1.51. The van der Waals surface area contributed by atoms with Crippen LogP contribution in [0.25, 0.3) is 0 Å². The van der Waals surface area contributed by atoms with Crippen molar-refractivity contribution in [2.45, 2.75) is 19.9 Å². The lowest BCUT2D eigenvalue weighted by molar-refractivity contribution is 0.0660. The first-order valence-electron chi connectivity index (χ1n) is 4.82. The van der Waals surface area contributed by atoms with E-state index in [0.717, 1.165) is 0 Å². The number of nitrogens with one attached hydrogen (secondary N) is 1. The van der Waals surface area contributed by atoms with Crippen molar-refractivity contribution in [3.05, 3.63) is 23.0 Å². The van der Waals surface area contributed by atoms with E-state index in [1.165, 1.54) is 0 Å². The number of aliphatic hydroxyl groups is 1. The zero-order valence-electron chi connectivity index (χ0n) is 8.83. The molecule has 0 aliphatic carbocycles. The Kier molecular flexibility index (Phi) is 4.17. The summed E-state index contributed by atoms with van der Waals surface area (Å²) in [5.41, 5.74) is 0.446. The zero-order valence-corrected chi connectivity index (χ0v) is 9.58. The maximum atomic E-state index is 11.9. The van der Waals surface area contributed by atoms with Crippen LogP contribution in [-0.2, 0) is 0 Å². The van der Waals surface area contributed by atoms with Gasteiger partial charge in [0.25, 0.3) is 5.91 Å². The van der Waals surface area contributed by atoms with Crippen LogP contribution in [0.2, 0.25) is 5.02 Å². The molecule has 0 atom stereocenters. The second-order valence-corrected chi connectivity index (χ2v) is 3.98.